The van der Waals surface area contributed by atoms with Gasteiger partial charge in [-0.1, -0.05) is 77.3 Å². The highest BCUT2D eigenvalue weighted by Crippen LogP contribution is 2.37. The van der Waals surface area contributed by atoms with Gasteiger partial charge in [0, 0.05) is 16.9 Å². The highest BCUT2D eigenvalue weighted by molar-refractivity contribution is 6.54. The fourth-order valence-corrected chi connectivity index (χ4v) is 4.55. The Balaban J connectivity index is 1.25. The van der Waals surface area contributed by atoms with Gasteiger partial charge in [0.05, 0.1) is 15.7 Å². The summed E-state index contributed by atoms with van der Waals surface area (Å²) in [5.41, 5.74) is 2.29. The molecule has 1 aliphatic heterocycles. The van der Waals surface area contributed by atoms with Gasteiger partial charge in [0.25, 0.3) is 17.7 Å². The number of hydrogen-bond acceptors (Lipinski definition) is 5. The van der Waals surface area contributed by atoms with Crippen molar-refractivity contribution in [1.29, 1.82) is 0 Å². The molecular weight excluding hydrogens is 573 g/mol. The molecule has 0 radical (unpaired) electrons. The summed E-state index contributed by atoms with van der Waals surface area (Å²) in [7, 11) is 0. The lowest BCUT2D eigenvalue weighted by Gasteiger charge is -2.17. The van der Waals surface area contributed by atoms with Crippen LogP contribution in [0.15, 0.2) is 108 Å². The topological polar surface area (TPSA) is 87.7 Å². The third-order valence-electron chi connectivity index (χ3n) is 5.95. The molecule has 40 heavy (non-hydrogen) atoms. The number of halogens is 3. The number of benzene rings is 4. The fraction of sp³-hybridized carbons (Fsp3) is 0.0333. The van der Waals surface area contributed by atoms with E-state index in [2.05, 4.69) is 10.6 Å². The second-order valence-corrected chi connectivity index (χ2v) is 9.83. The number of rotatable bonds is 8. The van der Waals surface area contributed by atoms with Gasteiger partial charge in [0.1, 0.15) is 23.1 Å². The van der Waals surface area contributed by atoms with Gasteiger partial charge in [-0.2, -0.15) is 0 Å². The molecule has 0 atom stereocenters. The second kappa shape index (κ2) is 11.8. The van der Waals surface area contributed by atoms with E-state index in [1.54, 1.807) is 48.5 Å². The minimum Gasteiger partial charge on any atom is -0.489 e. The van der Waals surface area contributed by atoms with E-state index >= 15 is 0 Å². The summed E-state index contributed by atoms with van der Waals surface area (Å²) in [5, 5.41) is 5.61. The van der Waals surface area contributed by atoms with Crippen LogP contribution in [0.25, 0.3) is 0 Å². The standard InChI is InChI=1S/C30H20Cl3N3O4/c31-23-10-5-11-24(25(23)32)36-29(38)26(33)27(30(36)39)34-21-9-4-8-19(16-21)28(37)35-20-12-14-22(15-13-20)40-17-18-6-2-1-3-7-18/h1-16,34H,17H2,(H,35,37). The molecule has 4 aromatic carbocycles. The van der Waals surface area contributed by atoms with Gasteiger partial charge >= 0.3 is 0 Å². The number of hydrogen-bond donors (Lipinski definition) is 2. The molecule has 1 aliphatic rings. The van der Waals surface area contributed by atoms with Gasteiger partial charge < -0.3 is 15.4 Å². The smallest absolute Gasteiger partial charge is 0.283 e. The number of amides is 3. The van der Waals surface area contributed by atoms with Crippen LogP contribution in [0.1, 0.15) is 15.9 Å². The van der Waals surface area contributed by atoms with Gasteiger partial charge in [-0.25, -0.2) is 4.90 Å². The van der Waals surface area contributed by atoms with Gasteiger partial charge in [-0.15, -0.1) is 0 Å². The van der Waals surface area contributed by atoms with Crippen molar-refractivity contribution in [2.24, 2.45) is 0 Å². The third kappa shape index (κ3) is 5.82. The van der Waals surface area contributed by atoms with Crippen LogP contribution in [0.2, 0.25) is 10.0 Å². The Hall–Kier alpha value is -4.30. The Morgan fingerprint density at radius 3 is 2.25 bits per heavy atom. The molecule has 1 heterocycles. The predicted octanol–water partition coefficient (Wildman–Crippen LogP) is 7.26. The van der Waals surface area contributed by atoms with E-state index in [4.69, 9.17) is 39.5 Å². The molecule has 2 N–H and O–H groups in total. The number of nitrogens with zero attached hydrogens (tertiary/aromatic N) is 1. The van der Waals surface area contributed by atoms with E-state index in [9.17, 15) is 14.4 Å². The van der Waals surface area contributed by atoms with E-state index in [1.165, 1.54) is 18.2 Å². The number of carbonyl (C=O) groups excluding carboxylic acids is 3. The number of imide groups is 1. The minimum atomic E-state index is -0.747. The van der Waals surface area contributed by atoms with Crippen LogP contribution in [0.5, 0.6) is 5.75 Å². The largest absolute Gasteiger partial charge is 0.489 e. The summed E-state index contributed by atoms with van der Waals surface area (Å²) >= 11 is 18.5. The molecule has 10 heteroatoms. The first-order valence-electron chi connectivity index (χ1n) is 12.0. The molecule has 0 bridgehead atoms. The van der Waals surface area contributed by atoms with Crippen molar-refractivity contribution < 1.29 is 19.1 Å². The predicted molar refractivity (Wildman–Crippen MR) is 157 cm³/mol. The van der Waals surface area contributed by atoms with Gasteiger partial charge in [0.15, 0.2) is 0 Å². The average Bonchev–Trinajstić information content (AvgIpc) is 3.17. The second-order valence-electron chi connectivity index (χ2n) is 8.67. The van der Waals surface area contributed by atoms with Crippen molar-refractivity contribution in [2.45, 2.75) is 6.61 Å². The summed E-state index contributed by atoms with van der Waals surface area (Å²) in [4.78, 5) is 39.7. The Labute approximate surface area is 244 Å². The normalized spacial score (nSPS) is 13.0. The van der Waals surface area contributed by atoms with E-state index in [1.807, 2.05) is 30.3 Å². The molecule has 0 spiro atoms. The molecular formula is C30H20Cl3N3O4. The van der Waals surface area contributed by atoms with Crippen LogP contribution in [0.3, 0.4) is 0 Å². The lowest BCUT2D eigenvalue weighted by atomic mass is 10.1. The fourth-order valence-electron chi connectivity index (χ4n) is 3.96. The molecule has 0 aliphatic carbocycles. The van der Waals surface area contributed by atoms with Crippen molar-refractivity contribution >= 4 is 69.6 Å². The van der Waals surface area contributed by atoms with Crippen LogP contribution in [-0.4, -0.2) is 17.7 Å². The molecule has 200 valence electrons. The number of nitrogens with one attached hydrogen (secondary N) is 2. The monoisotopic (exact) mass is 591 g/mol. The van der Waals surface area contributed by atoms with Crippen LogP contribution >= 0.6 is 34.8 Å². The van der Waals surface area contributed by atoms with E-state index in [0.29, 0.717) is 29.3 Å². The molecule has 0 fully saturated rings. The Morgan fingerprint density at radius 1 is 0.775 bits per heavy atom. The van der Waals surface area contributed by atoms with E-state index in [-0.39, 0.29) is 32.4 Å². The van der Waals surface area contributed by atoms with Crippen LogP contribution in [0.4, 0.5) is 17.1 Å². The first-order chi connectivity index (χ1) is 19.3. The molecule has 0 aromatic heterocycles. The third-order valence-corrected chi connectivity index (χ3v) is 7.11. The molecule has 0 saturated heterocycles. The van der Waals surface area contributed by atoms with Crippen LogP contribution in [-0.2, 0) is 16.2 Å². The quantitative estimate of drug-likeness (QED) is 0.210. The summed E-state index contributed by atoms with van der Waals surface area (Å²) in [6.45, 7) is 0.435. The Bertz CT molecular complexity index is 1640. The van der Waals surface area contributed by atoms with Gasteiger partial charge in [-0.3, -0.25) is 14.4 Å². The maximum atomic E-state index is 13.1. The zero-order valence-electron chi connectivity index (χ0n) is 20.7. The maximum Gasteiger partial charge on any atom is 0.283 e. The molecule has 0 saturated carbocycles. The van der Waals surface area contributed by atoms with E-state index < -0.39 is 11.8 Å². The summed E-state index contributed by atoms with van der Waals surface area (Å²) in [5.74, 6) is -1.16. The summed E-state index contributed by atoms with van der Waals surface area (Å²) < 4.78 is 5.78. The first kappa shape index (κ1) is 27.3. The summed E-state index contributed by atoms with van der Waals surface area (Å²) in [6, 6.07) is 27.8. The molecule has 7 nitrogen and oxygen atoms in total. The zero-order chi connectivity index (χ0) is 28.2. The maximum absolute atomic E-state index is 13.1. The van der Waals surface area contributed by atoms with Crippen molar-refractivity contribution in [3.8, 4) is 5.75 Å². The van der Waals surface area contributed by atoms with Crippen molar-refractivity contribution in [2.75, 3.05) is 15.5 Å². The molecule has 0 unspecified atom stereocenters. The van der Waals surface area contributed by atoms with E-state index in [0.717, 1.165) is 10.5 Å². The average molecular weight is 593 g/mol. The zero-order valence-corrected chi connectivity index (χ0v) is 22.9. The van der Waals surface area contributed by atoms with Crippen LogP contribution in [0, 0.1) is 0 Å². The van der Waals surface area contributed by atoms with Crippen molar-refractivity contribution in [3.63, 3.8) is 0 Å². The van der Waals surface area contributed by atoms with Gasteiger partial charge in [-0.05, 0) is 60.2 Å². The Kier molecular flexibility index (Phi) is 8.07. The van der Waals surface area contributed by atoms with Crippen molar-refractivity contribution in [1.82, 2.24) is 0 Å². The number of carbonyl (C=O) groups is 3. The SMILES string of the molecule is O=C(Nc1ccc(OCc2ccccc2)cc1)c1cccc(NC2=C(Cl)C(=O)N(c3cccc(Cl)c3Cl)C2=O)c1. The first-order valence-corrected chi connectivity index (χ1v) is 13.1. The number of ether oxygens (including phenoxy) is 1. The highest BCUT2D eigenvalue weighted by atomic mass is 35.5. The number of anilines is 3. The molecule has 4 aromatic rings. The lowest BCUT2D eigenvalue weighted by Crippen LogP contribution is -2.32. The molecule has 5 rings (SSSR count). The van der Waals surface area contributed by atoms with Crippen LogP contribution < -0.4 is 20.3 Å². The van der Waals surface area contributed by atoms with Gasteiger partial charge in [0.2, 0.25) is 0 Å². The summed E-state index contributed by atoms with van der Waals surface area (Å²) in [6.07, 6.45) is 0. The molecule has 3 amide bonds. The Morgan fingerprint density at radius 2 is 1.50 bits per heavy atom. The highest BCUT2D eigenvalue weighted by Gasteiger charge is 2.40. The van der Waals surface area contributed by atoms with Crippen molar-refractivity contribution in [3.05, 3.63) is 129 Å². The lowest BCUT2D eigenvalue weighted by molar-refractivity contribution is -0.120. The minimum absolute atomic E-state index is 0.0473.